The van der Waals surface area contributed by atoms with E-state index in [4.69, 9.17) is 0 Å². The van der Waals surface area contributed by atoms with Crippen LogP contribution in [0.3, 0.4) is 0 Å². The van der Waals surface area contributed by atoms with Crippen LogP contribution in [0.4, 0.5) is 4.79 Å². The van der Waals surface area contributed by atoms with Gasteiger partial charge < -0.3 is 26.6 Å². The quantitative estimate of drug-likeness (QED) is 0.0862. The highest BCUT2D eigenvalue weighted by molar-refractivity contribution is 7.92. The van der Waals surface area contributed by atoms with Gasteiger partial charge in [-0.2, -0.15) is 0 Å². The van der Waals surface area contributed by atoms with Crippen molar-refractivity contribution in [1.29, 1.82) is 0 Å². The number of rotatable bonds is 18. The Labute approximate surface area is 330 Å². The molecule has 0 heterocycles. The van der Waals surface area contributed by atoms with Crippen LogP contribution in [0.15, 0.2) is 12.7 Å². The molecule has 0 aromatic rings. The zero-order valence-electron chi connectivity index (χ0n) is 34.6. The molecule has 4 aliphatic rings. The Hall–Kier alpha value is -2.96. The van der Waals surface area contributed by atoms with Crippen molar-refractivity contribution in [2.24, 2.45) is 22.7 Å². The number of hydrogen-bond acceptors (Lipinski definition) is 7. The zero-order chi connectivity index (χ0) is 40.7. The van der Waals surface area contributed by atoms with Gasteiger partial charge in [-0.3, -0.25) is 19.2 Å². The summed E-state index contributed by atoms with van der Waals surface area (Å²) in [5, 5.41) is 14.7. The van der Waals surface area contributed by atoms with Crippen LogP contribution in [0.2, 0.25) is 0 Å². The number of amides is 5. The van der Waals surface area contributed by atoms with E-state index in [2.05, 4.69) is 40.1 Å². The number of nitrogens with one attached hydrogen (secondary N) is 5. The number of unbranched alkanes of at least 4 members (excludes halogenated alkanes) is 1. The summed E-state index contributed by atoms with van der Waals surface area (Å²) in [4.78, 5) is 69.6. The van der Waals surface area contributed by atoms with Crippen molar-refractivity contribution in [2.75, 3.05) is 12.3 Å². The van der Waals surface area contributed by atoms with Gasteiger partial charge in [0, 0.05) is 6.54 Å². The summed E-state index contributed by atoms with van der Waals surface area (Å²) >= 11 is 0. The largest absolute Gasteiger partial charge is 0.346 e. The summed E-state index contributed by atoms with van der Waals surface area (Å²) in [6.07, 6.45) is 15.6. The van der Waals surface area contributed by atoms with Crippen LogP contribution in [0.5, 0.6) is 0 Å². The Kier molecular flexibility index (Phi) is 15.1. The second-order valence-corrected chi connectivity index (χ2v) is 21.3. The maximum absolute atomic E-state index is 14.8. The topological polar surface area (TPSA) is 180 Å². The molecule has 4 saturated carbocycles. The molecule has 5 amide bonds. The minimum absolute atomic E-state index is 0.119. The first-order valence-corrected chi connectivity index (χ1v) is 22.9. The van der Waals surface area contributed by atoms with E-state index in [1.54, 1.807) is 20.8 Å². The van der Waals surface area contributed by atoms with E-state index in [1.165, 1.54) is 6.08 Å². The number of Topliss-reactive ketones (excluding diaryl/α,β-unsaturated/α-hetero) is 1. The lowest BCUT2D eigenvalue weighted by atomic mass is 9.70. The first-order chi connectivity index (χ1) is 25.9. The smallest absolute Gasteiger partial charge is 0.315 e. The van der Waals surface area contributed by atoms with E-state index in [0.29, 0.717) is 32.1 Å². The second-order valence-electron chi connectivity index (χ2n) is 18.6. The molecule has 4 rings (SSSR count). The van der Waals surface area contributed by atoms with Crippen LogP contribution < -0.4 is 26.6 Å². The standard InChI is InChI=1S/C42H71N5O7S/c1-8-11-18-31(33(48)36(50)43-27-9-2)44-35(49)32(29-19-24-41(25-26-41)30(29)10-3)45-37(51)34(40(7)20-14-12-15-21-40)46-38(52)47-42(22-16-13-17-23-42)28-55(53,54)39(4,5)6/h9,29-32,34H,2,8,10-28H2,1,3-7H3,(H,43,50)(H,44,49)(H,45,51)(H2,46,47,52)/t29-,30-,31?,32-,34+/m0/s1. The average Bonchev–Trinajstić information content (AvgIpc) is 3.82. The molecule has 4 fully saturated rings. The fourth-order valence-electron chi connectivity index (χ4n) is 9.89. The third kappa shape index (κ3) is 10.9. The van der Waals surface area contributed by atoms with Gasteiger partial charge in [0.2, 0.25) is 17.6 Å². The van der Waals surface area contributed by atoms with Gasteiger partial charge in [0.05, 0.1) is 22.1 Å². The monoisotopic (exact) mass is 790 g/mol. The first-order valence-electron chi connectivity index (χ1n) is 21.2. The Bertz CT molecular complexity index is 1510. The number of sulfone groups is 1. The summed E-state index contributed by atoms with van der Waals surface area (Å²) in [7, 11) is -3.58. The molecule has 312 valence electrons. The Morgan fingerprint density at radius 2 is 1.45 bits per heavy atom. The summed E-state index contributed by atoms with van der Waals surface area (Å²) in [5.74, 6) is -2.66. The molecule has 13 heteroatoms. The molecule has 0 aromatic carbocycles. The van der Waals surface area contributed by atoms with Crippen molar-refractivity contribution < 1.29 is 32.4 Å². The van der Waals surface area contributed by atoms with Crippen LogP contribution in [0.1, 0.15) is 157 Å². The highest BCUT2D eigenvalue weighted by Gasteiger charge is 2.58. The van der Waals surface area contributed by atoms with E-state index in [0.717, 1.165) is 77.0 Å². The number of urea groups is 1. The average molecular weight is 790 g/mol. The van der Waals surface area contributed by atoms with Gasteiger partial charge in [-0.1, -0.05) is 84.6 Å². The van der Waals surface area contributed by atoms with Gasteiger partial charge in [0.15, 0.2) is 9.84 Å². The Balaban J connectivity index is 1.64. The number of carbonyl (C=O) groups is 5. The van der Waals surface area contributed by atoms with E-state index >= 15 is 0 Å². The first kappa shape index (κ1) is 44.8. The van der Waals surface area contributed by atoms with Gasteiger partial charge in [-0.25, -0.2) is 13.2 Å². The zero-order valence-corrected chi connectivity index (χ0v) is 35.4. The Morgan fingerprint density at radius 3 is 2.00 bits per heavy atom. The van der Waals surface area contributed by atoms with Gasteiger partial charge in [-0.15, -0.1) is 6.58 Å². The summed E-state index contributed by atoms with van der Waals surface area (Å²) < 4.78 is 26.0. The number of carbonyl (C=O) groups excluding carboxylic acids is 5. The normalized spacial score (nSPS) is 24.4. The van der Waals surface area contributed by atoms with Crippen molar-refractivity contribution in [3.63, 3.8) is 0 Å². The van der Waals surface area contributed by atoms with Crippen molar-refractivity contribution in [3.8, 4) is 0 Å². The molecule has 5 N–H and O–H groups in total. The molecular formula is C42H71N5O7S. The summed E-state index contributed by atoms with van der Waals surface area (Å²) in [6.45, 7) is 14.8. The van der Waals surface area contributed by atoms with Gasteiger partial charge in [0.1, 0.15) is 12.1 Å². The highest BCUT2D eigenvalue weighted by atomic mass is 32.2. The molecule has 5 atom stereocenters. The van der Waals surface area contributed by atoms with Gasteiger partial charge in [0.25, 0.3) is 5.91 Å². The van der Waals surface area contributed by atoms with Crippen LogP contribution in [-0.4, -0.2) is 78.7 Å². The van der Waals surface area contributed by atoms with E-state index in [-0.39, 0.29) is 36.0 Å². The van der Waals surface area contributed by atoms with Crippen LogP contribution in [-0.2, 0) is 29.0 Å². The molecule has 12 nitrogen and oxygen atoms in total. The third-order valence-electron chi connectivity index (χ3n) is 13.5. The van der Waals surface area contributed by atoms with E-state index in [9.17, 15) is 32.4 Å². The lowest BCUT2D eigenvalue weighted by Crippen LogP contribution is -2.65. The molecule has 0 saturated heterocycles. The van der Waals surface area contributed by atoms with Gasteiger partial charge >= 0.3 is 6.03 Å². The van der Waals surface area contributed by atoms with E-state index < -0.39 is 73.2 Å². The van der Waals surface area contributed by atoms with Gasteiger partial charge in [-0.05, 0) is 101 Å². The Morgan fingerprint density at radius 1 is 0.836 bits per heavy atom. The molecule has 55 heavy (non-hydrogen) atoms. The summed E-state index contributed by atoms with van der Waals surface area (Å²) in [6, 6.07) is -3.62. The SMILES string of the molecule is C=CCNC(=O)C(=O)C(CCCC)NC(=O)[C@@H](NC(=O)[C@@H](NC(=O)NC1(CS(=O)(=O)C(C)(C)C)CCCCC1)C1(C)CCCCC1)[C@H]1CCC2(CC2)[C@H]1CC. The number of ketones is 1. The molecule has 0 bridgehead atoms. The minimum atomic E-state index is -3.58. The minimum Gasteiger partial charge on any atom is -0.346 e. The molecule has 0 aromatic heterocycles. The van der Waals surface area contributed by atoms with E-state index in [1.807, 2.05) is 13.8 Å². The van der Waals surface area contributed by atoms with Crippen LogP contribution >= 0.6 is 0 Å². The molecular weight excluding hydrogens is 719 g/mol. The van der Waals surface area contributed by atoms with Crippen molar-refractivity contribution in [2.45, 2.75) is 186 Å². The molecule has 0 radical (unpaired) electrons. The van der Waals surface area contributed by atoms with Crippen molar-refractivity contribution in [1.82, 2.24) is 26.6 Å². The predicted molar refractivity (Wildman–Crippen MR) is 216 cm³/mol. The maximum Gasteiger partial charge on any atom is 0.315 e. The fourth-order valence-corrected chi connectivity index (χ4v) is 11.4. The highest BCUT2D eigenvalue weighted by Crippen LogP contribution is 2.64. The molecule has 1 unspecified atom stereocenters. The van der Waals surface area contributed by atoms with Crippen molar-refractivity contribution in [3.05, 3.63) is 12.7 Å². The molecule has 1 spiro atoms. The lowest BCUT2D eigenvalue weighted by Gasteiger charge is -2.43. The second kappa shape index (κ2) is 18.5. The fraction of sp³-hybridized carbons (Fsp3) is 0.833. The van der Waals surface area contributed by atoms with Crippen LogP contribution in [0, 0.1) is 22.7 Å². The van der Waals surface area contributed by atoms with Crippen molar-refractivity contribution >= 4 is 39.4 Å². The summed E-state index contributed by atoms with van der Waals surface area (Å²) in [5.41, 5.74) is -1.42. The molecule has 4 aliphatic carbocycles. The number of hydrogen-bond donors (Lipinski definition) is 5. The predicted octanol–water partition coefficient (Wildman–Crippen LogP) is 5.79. The molecule has 0 aliphatic heterocycles. The van der Waals surface area contributed by atoms with Crippen LogP contribution in [0.25, 0.3) is 0 Å². The maximum atomic E-state index is 14.8. The lowest BCUT2D eigenvalue weighted by molar-refractivity contribution is -0.141. The third-order valence-corrected chi connectivity index (χ3v) is 16.3.